The molecule has 3 rings (SSSR count). The molecular weight excluding hydrogens is 589 g/mol. The number of phenolic OH excluding ortho intramolecular Hbond substituents is 1. The molecule has 0 aliphatic heterocycles. The third-order valence-corrected chi connectivity index (χ3v) is 8.45. The Morgan fingerprint density at radius 3 is 2.00 bits per heavy atom. The van der Waals surface area contributed by atoms with E-state index in [4.69, 9.17) is 9.47 Å². The zero-order chi connectivity index (χ0) is 31.9. The third kappa shape index (κ3) is 8.62. The molecule has 0 bridgehead atoms. The molecule has 234 valence electrons. The van der Waals surface area contributed by atoms with Crippen LogP contribution in [0.15, 0.2) is 71.6 Å². The maximum absolute atomic E-state index is 13.6. The number of sulfonamides is 1. The first-order chi connectivity index (χ1) is 20.2. The number of halogens is 3. The van der Waals surface area contributed by atoms with Gasteiger partial charge in [0.05, 0.1) is 36.8 Å². The van der Waals surface area contributed by atoms with Crippen LogP contribution in [0.2, 0.25) is 0 Å². The molecule has 0 aliphatic rings. The van der Waals surface area contributed by atoms with Gasteiger partial charge in [0, 0.05) is 18.7 Å². The topological polar surface area (TPSA) is 125 Å². The molecule has 0 fully saturated rings. The second-order valence-corrected chi connectivity index (χ2v) is 12.2. The summed E-state index contributed by atoms with van der Waals surface area (Å²) in [6.45, 7) is 3.02. The van der Waals surface area contributed by atoms with Gasteiger partial charge in [-0.1, -0.05) is 44.2 Å². The number of aromatic hydroxyl groups is 1. The summed E-state index contributed by atoms with van der Waals surface area (Å²) in [5, 5.41) is 24.4. The molecular formula is C30H35F3N2O7S. The van der Waals surface area contributed by atoms with Gasteiger partial charge in [0.25, 0.3) is 5.91 Å². The molecule has 2 atom stereocenters. The summed E-state index contributed by atoms with van der Waals surface area (Å²) in [5.74, 6) is -1.20. The summed E-state index contributed by atoms with van der Waals surface area (Å²) in [5.41, 5.74) is -0.197. The van der Waals surface area contributed by atoms with Crippen molar-refractivity contribution in [1.29, 1.82) is 0 Å². The van der Waals surface area contributed by atoms with Gasteiger partial charge in [0.15, 0.2) is 11.5 Å². The summed E-state index contributed by atoms with van der Waals surface area (Å²) >= 11 is 0. The number of carbonyl (C=O) groups excluding carboxylic acids is 1. The minimum Gasteiger partial charge on any atom is -0.502 e. The predicted molar refractivity (Wildman–Crippen MR) is 154 cm³/mol. The Bertz CT molecular complexity index is 1460. The van der Waals surface area contributed by atoms with Gasteiger partial charge in [-0.3, -0.25) is 4.79 Å². The highest BCUT2D eigenvalue weighted by Gasteiger charge is 2.34. The number of amides is 1. The van der Waals surface area contributed by atoms with Crippen molar-refractivity contribution in [3.05, 3.63) is 83.4 Å². The van der Waals surface area contributed by atoms with Gasteiger partial charge in [-0.25, -0.2) is 8.42 Å². The van der Waals surface area contributed by atoms with Gasteiger partial charge in [-0.15, -0.1) is 0 Å². The second kappa shape index (κ2) is 14.1. The zero-order valence-electron chi connectivity index (χ0n) is 24.1. The van der Waals surface area contributed by atoms with E-state index in [-0.39, 0.29) is 46.6 Å². The first-order valence-corrected chi connectivity index (χ1v) is 14.8. The van der Waals surface area contributed by atoms with Gasteiger partial charge in [0.2, 0.25) is 15.8 Å². The number of ether oxygens (including phenoxy) is 2. The fourth-order valence-electron chi connectivity index (χ4n) is 4.41. The molecule has 9 nitrogen and oxygen atoms in total. The molecule has 3 N–H and O–H groups in total. The van der Waals surface area contributed by atoms with E-state index in [2.05, 4.69) is 5.32 Å². The van der Waals surface area contributed by atoms with E-state index in [9.17, 15) is 36.6 Å². The molecule has 13 heteroatoms. The number of aliphatic hydroxyl groups excluding tert-OH is 1. The van der Waals surface area contributed by atoms with Crippen LogP contribution in [-0.4, -0.2) is 68.3 Å². The van der Waals surface area contributed by atoms with Crippen LogP contribution in [0.4, 0.5) is 13.2 Å². The Hall–Kier alpha value is -3.81. The van der Waals surface area contributed by atoms with E-state index < -0.39 is 46.4 Å². The highest BCUT2D eigenvalue weighted by atomic mass is 32.2. The standard InChI is InChI=1S/C30H35F3N2O7S/c1-19(2)17-35(43(39,40)23-12-10-22(11-13-23)30(31,32)33)18-25(36)24(14-20-8-6-5-7-9-20)34-29(38)21-15-26(41-3)28(37)27(16-21)42-4/h5-13,15-16,19,24-25,36-37H,14,17-18H2,1-4H3,(H,34,38)/t24-,25+/m0/s1. The summed E-state index contributed by atoms with van der Waals surface area (Å²) in [6.07, 6.45) is -5.95. The van der Waals surface area contributed by atoms with Crippen LogP contribution in [0.5, 0.6) is 17.2 Å². The number of alkyl halides is 3. The van der Waals surface area contributed by atoms with Crippen LogP contribution in [0.25, 0.3) is 0 Å². The molecule has 0 saturated heterocycles. The molecule has 0 radical (unpaired) electrons. The summed E-state index contributed by atoms with van der Waals surface area (Å²) in [4.78, 5) is 13.0. The monoisotopic (exact) mass is 624 g/mol. The molecule has 0 unspecified atom stereocenters. The van der Waals surface area contributed by atoms with Crippen molar-refractivity contribution in [2.24, 2.45) is 5.92 Å². The van der Waals surface area contributed by atoms with Crippen molar-refractivity contribution < 1.29 is 46.1 Å². The SMILES string of the molecule is COc1cc(C(=O)N[C@@H](Cc2ccccc2)[C@H](O)CN(CC(C)C)S(=O)(=O)c2ccc(C(F)(F)F)cc2)cc(OC)c1O. The largest absolute Gasteiger partial charge is 0.502 e. The number of nitrogens with one attached hydrogen (secondary N) is 1. The molecule has 0 saturated carbocycles. The van der Waals surface area contributed by atoms with Crippen molar-refractivity contribution in [2.45, 2.75) is 43.5 Å². The molecule has 0 heterocycles. The van der Waals surface area contributed by atoms with Crippen LogP contribution in [0.3, 0.4) is 0 Å². The van der Waals surface area contributed by atoms with Gasteiger partial charge in [-0.05, 0) is 54.3 Å². The van der Waals surface area contributed by atoms with E-state index >= 15 is 0 Å². The Balaban J connectivity index is 1.94. The zero-order valence-corrected chi connectivity index (χ0v) is 24.9. The highest BCUT2D eigenvalue weighted by molar-refractivity contribution is 7.89. The summed E-state index contributed by atoms with van der Waals surface area (Å²) < 4.78 is 77.6. The Morgan fingerprint density at radius 1 is 0.953 bits per heavy atom. The number of methoxy groups -OCH3 is 2. The van der Waals surface area contributed by atoms with Crippen molar-refractivity contribution >= 4 is 15.9 Å². The van der Waals surface area contributed by atoms with Gasteiger partial charge in [-0.2, -0.15) is 17.5 Å². The Kier molecular flexibility index (Phi) is 11.1. The van der Waals surface area contributed by atoms with Gasteiger partial charge < -0.3 is 25.0 Å². The summed E-state index contributed by atoms with van der Waals surface area (Å²) in [7, 11) is -1.72. The third-order valence-electron chi connectivity index (χ3n) is 6.60. The van der Waals surface area contributed by atoms with Crippen molar-refractivity contribution in [2.75, 3.05) is 27.3 Å². The minimum atomic E-state index is -4.63. The van der Waals surface area contributed by atoms with E-state index in [1.54, 1.807) is 44.2 Å². The lowest BCUT2D eigenvalue weighted by Crippen LogP contribution is -2.51. The number of hydrogen-bond acceptors (Lipinski definition) is 7. The van der Waals surface area contributed by atoms with E-state index in [1.807, 2.05) is 0 Å². The normalized spacial score (nSPS) is 13.5. The lowest BCUT2D eigenvalue weighted by molar-refractivity contribution is -0.137. The maximum Gasteiger partial charge on any atom is 0.416 e. The Morgan fingerprint density at radius 2 is 1.51 bits per heavy atom. The summed E-state index contributed by atoms with van der Waals surface area (Å²) in [6, 6.07) is 13.6. The Labute approximate surface area is 248 Å². The highest BCUT2D eigenvalue weighted by Crippen LogP contribution is 2.37. The minimum absolute atomic E-state index is 0.0181. The number of benzene rings is 3. The van der Waals surface area contributed by atoms with Crippen LogP contribution < -0.4 is 14.8 Å². The van der Waals surface area contributed by atoms with Crippen molar-refractivity contribution in [1.82, 2.24) is 9.62 Å². The van der Waals surface area contributed by atoms with Crippen LogP contribution in [-0.2, 0) is 22.6 Å². The molecule has 0 aliphatic carbocycles. The molecule has 1 amide bonds. The van der Waals surface area contributed by atoms with Crippen LogP contribution >= 0.6 is 0 Å². The number of carbonyl (C=O) groups is 1. The number of phenols is 1. The smallest absolute Gasteiger partial charge is 0.416 e. The second-order valence-electron chi connectivity index (χ2n) is 10.3. The maximum atomic E-state index is 13.6. The van der Waals surface area contributed by atoms with Crippen LogP contribution in [0.1, 0.15) is 35.3 Å². The van der Waals surface area contributed by atoms with Gasteiger partial charge in [0.1, 0.15) is 0 Å². The molecule has 0 aromatic heterocycles. The van der Waals surface area contributed by atoms with Gasteiger partial charge >= 0.3 is 6.18 Å². The average molecular weight is 625 g/mol. The molecule has 3 aromatic carbocycles. The van der Waals surface area contributed by atoms with E-state index in [0.29, 0.717) is 12.1 Å². The quantitative estimate of drug-likeness (QED) is 0.256. The lowest BCUT2D eigenvalue weighted by Gasteiger charge is -2.31. The van der Waals surface area contributed by atoms with Crippen molar-refractivity contribution in [3.63, 3.8) is 0 Å². The predicted octanol–water partition coefficient (Wildman–Crippen LogP) is 4.48. The number of nitrogens with zero attached hydrogens (tertiary/aromatic N) is 1. The first-order valence-electron chi connectivity index (χ1n) is 13.3. The van der Waals surface area contributed by atoms with E-state index in [0.717, 1.165) is 22.0 Å². The molecule has 3 aromatic rings. The van der Waals surface area contributed by atoms with Crippen molar-refractivity contribution in [3.8, 4) is 17.2 Å². The number of aliphatic hydroxyl groups is 1. The lowest BCUT2D eigenvalue weighted by atomic mass is 10.00. The first kappa shape index (κ1) is 33.7. The number of rotatable bonds is 13. The molecule has 43 heavy (non-hydrogen) atoms. The fourth-order valence-corrected chi connectivity index (χ4v) is 6.03. The fraction of sp³-hybridized carbons (Fsp3) is 0.367. The average Bonchev–Trinajstić information content (AvgIpc) is 2.96. The van der Waals surface area contributed by atoms with E-state index in [1.165, 1.54) is 26.4 Å². The molecule has 0 spiro atoms. The van der Waals surface area contributed by atoms with Crippen LogP contribution in [0, 0.1) is 5.92 Å². The number of hydrogen-bond donors (Lipinski definition) is 3.